The number of halogens is 2. The van der Waals surface area contributed by atoms with Gasteiger partial charge in [-0.3, -0.25) is 0 Å². The van der Waals surface area contributed by atoms with E-state index in [-0.39, 0.29) is 15.7 Å². The van der Waals surface area contributed by atoms with Gasteiger partial charge in [0.15, 0.2) is 29.7 Å². The largest absolute Gasteiger partial charge is 0.385 e. The Bertz CT molecular complexity index is 698. The molecular formula is C8H10Cl2N2O4S2. The molecule has 0 bridgehead atoms. The molecule has 102 valence electrons. The molecule has 0 saturated heterocycles. The summed E-state index contributed by atoms with van der Waals surface area (Å²) in [6.07, 6.45) is 1.76. The Morgan fingerprint density at radius 3 is 1.72 bits per heavy atom. The highest BCUT2D eigenvalue weighted by atomic mass is 35.5. The molecule has 0 radical (unpaired) electrons. The predicted molar refractivity (Wildman–Crippen MR) is 70.0 cm³/mol. The molecule has 0 atom stereocenters. The molecule has 0 aliphatic carbocycles. The van der Waals surface area contributed by atoms with Gasteiger partial charge in [-0.25, -0.2) is 21.8 Å². The number of hydrogen-bond acceptors (Lipinski definition) is 6. The van der Waals surface area contributed by atoms with Crippen molar-refractivity contribution in [3.8, 4) is 0 Å². The Morgan fingerprint density at radius 2 is 1.39 bits per heavy atom. The van der Waals surface area contributed by atoms with Crippen LogP contribution in [0.1, 0.15) is 0 Å². The van der Waals surface area contributed by atoms with Crippen LogP contribution in [0.3, 0.4) is 0 Å². The molecule has 1 aromatic heterocycles. The van der Waals surface area contributed by atoms with Crippen molar-refractivity contribution in [2.75, 3.05) is 24.9 Å². The van der Waals surface area contributed by atoms with E-state index in [1.54, 1.807) is 0 Å². The van der Waals surface area contributed by atoms with Crippen molar-refractivity contribution >= 4 is 48.6 Å². The van der Waals surface area contributed by atoms with Gasteiger partial charge >= 0.3 is 0 Å². The summed E-state index contributed by atoms with van der Waals surface area (Å²) < 4.78 is 46.0. The first kappa shape index (κ1) is 15.5. The van der Waals surface area contributed by atoms with Gasteiger partial charge in [-0.2, -0.15) is 0 Å². The van der Waals surface area contributed by atoms with Crippen LogP contribution in [-0.2, 0) is 19.7 Å². The standard InChI is InChI=1S/C8H10Cl2N2O4S2/c1-11-6-4(9)5(10)7(17(2,13)14)12-8(6)18(3,15)16/h11H,1-3H3. The lowest BCUT2D eigenvalue weighted by Gasteiger charge is -2.12. The quantitative estimate of drug-likeness (QED) is 0.894. The van der Waals surface area contributed by atoms with E-state index in [9.17, 15) is 16.8 Å². The van der Waals surface area contributed by atoms with Crippen molar-refractivity contribution in [2.45, 2.75) is 10.1 Å². The van der Waals surface area contributed by atoms with Crippen molar-refractivity contribution in [1.82, 2.24) is 4.98 Å². The molecule has 1 aromatic rings. The van der Waals surface area contributed by atoms with Crippen LogP contribution < -0.4 is 5.32 Å². The van der Waals surface area contributed by atoms with Gasteiger partial charge in [0.05, 0.1) is 15.7 Å². The summed E-state index contributed by atoms with van der Waals surface area (Å²) >= 11 is 11.6. The van der Waals surface area contributed by atoms with Crippen LogP contribution in [-0.4, -0.2) is 41.4 Å². The number of sulfone groups is 2. The van der Waals surface area contributed by atoms with Gasteiger partial charge in [-0.15, -0.1) is 0 Å². The van der Waals surface area contributed by atoms with Crippen molar-refractivity contribution in [2.24, 2.45) is 0 Å². The Kier molecular flexibility index (Phi) is 4.16. The molecule has 0 saturated carbocycles. The second kappa shape index (κ2) is 4.84. The topological polar surface area (TPSA) is 93.2 Å². The van der Waals surface area contributed by atoms with E-state index in [1.807, 2.05) is 0 Å². The zero-order valence-electron chi connectivity index (χ0n) is 9.65. The molecule has 0 aromatic carbocycles. The van der Waals surface area contributed by atoms with Crippen LogP contribution in [0.15, 0.2) is 10.1 Å². The maximum absolute atomic E-state index is 11.6. The molecular weight excluding hydrogens is 323 g/mol. The highest BCUT2D eigenvalue weighted by Gasteiger charge is 2.26. The molecule has 0 aliphatic heterocycles. The van der Waals surface area contributed by atoms with Crippen LogP contribution in [0.2, 0.25) is 10.0 Å². The molecule has 10 heteroatoms. The van der Waals surface area contributed by atoms with E-state index < -0.39 is 29.7 Å². The second-order valence-corrected chi connectivity index (χ2v) is 8.14. The van der Waals surface area contributed by atoms with E-state index in [2.05, 4.69) is 10.3 Å². The van der Waals surface area contributed by atoms with Gasteiger partial charge in [0.2, 0.25) is 0 Å². The number of anilines is 1. The molecule has 1 rings (SSSR count). The summed E-state index contributed by atoms with van der Waals surface area (Å²) in [4.78, 5) is 3.59. The van der Waals surface area contributed by atoms with Crippen LogP contribution in [0.4, 0.5) is 5.69 Å². The Hall–Kier alpha value is -0.570. The predicted octanol–water partition coefficient (Wildman–Crippen LogP) is 1.24. The molecule has 0 aliphatic rings. The summed E-state index contributed by atoms with van der Waals surface area (Å²) in [6, 6.07) is 0. The van der Waals surface area contributed by atoms with E-state index in [0.717, 1.165) is 12.5 Å². The molecule has 6 nitrogen and oxygen atoms in total. The fourth-order valence-electron chi connectivity index (χ4n) is 1.23. The van der Waals surface area contributed by atoms with Gasteiger partial charge in [0, 0.05) is 19.6 Å². The SMILES string of the molecule is CNc1c(S(C)(=O)=O)nc(S(C)(=O)=O)c(Cl)c1Cl. The Morgan fingerprint density at radius 1 is 0.944 bits per heavy atom. The molecule has 1 heterocycles. The minimum absolute atomic E-state index is 0.0310. The minimum Gasteiger partial charge on any atom is -0.385 e. The van der Waals surface area contributed by atoms with Crippen molar-refractivity contribution in [3.63, 3.8) is 0 Å². The van der Waals surface area contributed by atoms with E-state index in [4.69, 9.17) is 23.2 Å². The third-order valence-electron chi connectivity index (χ3n) is 1.97. The van der Waals surface area contributed by atoms with E-state index in [1.165, 1.54) is 7.05 Å². The number of aromatic nitrogens is 1. The fourth-order valence-corrected chi connectivity index (χ4v) is 3.74. The summed E-state index contributed by atoms with van der Waals surface area (Å²) in [6.45, 7) is 0. The number of hydrogen-bond donors (Lipinski definition) is 1. The van der Waals surface area contributed by atoms with Crippen molar-refractivity contribution in [1.29, 1.82) is 0 Å². The normalized spacial score (nSPS) is 12.5. The summed E-state index contributed by atoms with van der Waals surface area (Å²) in [5, 5.41) is 1.01. The molecule has 0 spiro atoms. The van der Waals surface area contributed by atoms with Crippen LogP contribution in [0.25, 0.3) is 0 Å². The highest BCUT2D eigenvalue weighted by Crippen LogP contribution is 2.37. The van der Waals surface area contributed by atoms with Gasteiger partial charge in [-0.05, 0) is 0 Å². The molecule has 18 heavy (non-hydrogen) atoms. The lowest BCUT2D eigenvalue weighted by Crippen LogP contribution is -2.11. The Balaban J connectivity index is 3.91. The number of nitrogens with one attached hydrogen (secondary N) is 1. The lowest BCUT2D eigenvalue weighted by molar-refractivity contribution is 0.592. The third kappa shape index (κ3) is 2.87. The first-order valence-electron chi connectivity index (χ1n) is 4.47. The highest BCUT2D eigenvalue weighted by molar-refractivity contribution is 7.91. The van der Waals surface area contributed by atoms with E-state index >= 15 is 0 Å². The van der Waals surface area contributed by atoms with Gasteiger partial charge < -0.3 is 5.32 Å². The minimum atomic E-state index is -3.78. The Labute approximate surface area is 115 Å². The number of nitrogens with zero attached hydrogens (tertiary/aromatic N) is 1. The number of rotatable bonds is 3. The third-order valence-corrected chi connectivity index (χ3v) is 4.92. The zero-order chi connectivity index (χ0) is 14.3. The van der Waals surface area contributed by atoms with Crippen LogP contribution >= 0.6 is 23.2 Å². The molecule has 0 fully saturated rings. The molecule has 1 N–H and O–H groups in total. The summed E-state index contributed by atoms with van der Waals surface area (Å²) in [7, 11) is -6.11. The smallest absolute Gasteiger partial charge is 0.194 e. The monoisotopic (exact) mass is 332 g/mol. The maximum atomic E-state index is 11.6. The average Bonchev–Trinajstić information content (AvgIpc) is 2.17. The average molecular weight is 333 g/mol. The van der Waals surface area contributed by atoms with Crippen LogP contribution in [0.5, 0.6) is 0 Å². The zero-order valence-corrected chi connectivity index (χ0v) is 12.8. The summed E-state index contributed by atoms with van der Waals surface area (Å²) in [5.41, 5.74) is -0.0310. The van der Waals surface area contributed by atoms with E-state index in [0.29, 0.717) is 0 Å². The first-order chi connectivity index (χ1) is 8.00. The molecule has 0 unspecified atom stereocenters. The molecule has 0 amide bonds. The van der Waals surface area contributed by atoms with Crippen molar-refractivity contribution < 1.29 is 16.8 Å². The first-order valence-corrected chi connectivity index (χ1v) is 9.01. The van der Waals surface area contributed by atoms with Crippen molar-refractivity contribution in [3.05, 3.63) is 10.0 Å². The van der Waals surface area contributed by atoms with Gasteiger partial charge in [0.25, 0.3) is 0 Å². The van der Waals surface area contributed by atoms with Gasteiger partial charge in [0.1, 0.15) is 0 Å². The fraction of sp³-hybridized carbons (Fsp3) is 0.375. The second-order valence-electron chi connectivity index (χ2n) is 3.52. The summed E-state index contributed by atoms with van der Waals surface area (Å²) in [5.74, 6) is 0. The van der Waals surface area contributed by atoms with Gasteiger partial charge in [-0.1, -0.05) is 23.2 Å². The number of pyridine rings is 1. The lowest BCUT2D eigenvalue weighted by atomic mass is 10.4. The maximum Gasteiger partial charge on any atom is 0.194 e. The van der Waals surface area contributed by atoms with Crippen LogP contribution in [0, 0.1) is 0 Å².